The van der Waals surface area contributed by atoms with Gasteiger partial charge in [-0.25, -0.2) is 4.98 Å². The summed E-state index contributed by atoms with van der Waals surface area (Å²) in [5.41, 5.74) is 0.519. The molecule has 0 radical (unpaired) electrons. The number of nitrogens with one attached hydrogen (secondary N) is 1. The van der Waals surface area contributed by atoms with Crippen LogP contribution in [0.5, 0.6) is 0 Å². The van der Waals surface area contributed by atoms with Crippen molar-refractivity contribution < 1.29 is 23.9 Å². The Bertz CT molecular complexity index is 557. The zero-order valence-corrected chi connectivity index (χ0v) is 12.6. The first-order valence-electron chi connectivity index (χ1n) is 6.47. The Labute approximate surface area is 125 Å². The first-order chi connectivity index (χ1) is 9.99. The minimum absolute atomic E-state index is 0.0530. The van der Waals surface area contributed by atoms with Crippen molar-refractivity contribution >= 4 is 34.3 Å². The Morgan fingerprint density at radius 2 is 2.19 bits per heavy atom. The largest absolute Gasteiger partial charge is 0.469 e. The molecule has 1 aromatic rings. The molecule has 8 heteroatoms. The van der Waals surface area contributed by atoms with Crippen LogP contribution in [0.1, 0.15) is 19.0 Å². The molecule has 1 aliphatic rings. The predicted molar refractivity (Wildman–Crippen MR) is 74.7 cm³/mol. The molecule has 0 saturated heterocycles. The molecular formula is C13H16N2O5S. The second-order valence-corrected chi connectivity index (χ2v) is 5.73. The zero-order chi connectivity index (χ0) is 15.4. The molecule has 0 aliphatic heterocycles. The fraction of sp³-hybridized carbons (Fsp3) is 0.538. The van der Waals surface area contributed by atoms with Gasteiger partial charge in [0.15, 0.2) is 11.7 Å². The van der Waals surface area contributed by atoms with Gasteiger partial charge in [0.1, 0.15) is 0 Å². The van der Waals surface area contributed by atoms with Gasteiger partial charge in [-0.2, -0.15) is 0 Å². The Hall–Kier alpha value is -1.96. The van der Waals surface area contributed by atoms with Crippen molar-refractivity contribution in [1.29, 1.82) is 0 Å². The van der Waals surface area contributed by atoms with Crippen molar-refractivity contribution in [3.05, 3.63) is 11.1 Å². The van der Waals surface area contributed by atoms with Gasteiger partial charge in [-0.1, -0.05) is 6.92 Å². The fourth-order valence-corrected chi connectivity index (χ4v) is 2.44. The number of nitrogens with zero attached hydrogens (tertiary/aromatic N) is 1. The molecule has 21 heavy (non-hydrogen) atoms. The number of carbonyl (C=O) groups is 3. The van der Waals surface area contributed by atoms with Crippen molar-refractivity contribution in [3.63, 3.8) is 0 Å². The minimum Gasteiger partial charge on any atom is -0.469 e. The van der Waals surface area contributed by atoms with E-state index in [1.54, 1.807) is 5.38 Å². The molecule has 2 rings (SSSR count). The predicted octanol–water partition coefficient (Wildman–Crippen LogP) is 0.996. The van der Waals surface area contributed by atoms with E-state index < -0.39 is 11.9 Å². The van der Waals surface area contributed by atoms with Crippen LogP contribution in [0.2, 0.25) is 0 Å². The number of ether oxygens (including phenoxy) is 2. The second kappa shape index (κ2) is 6.66. The lowest BCUT2D eigenvalue weighted by molar-refractivity contribution is -0.148. The van der Waals surface area contributed by atoms with Crippen LogP contribution < -0.4 is 5.32 Å². The van der Waals surface area contributed by atoms with E-state index in [4.69, 9.17) is 4.74 Å². The van der Waals surface area contributed by atoms with Gasteiger partial charge in [0, 0.05) is 5.38 Å². The summed E-state index contributed by atoms with van der Waals surface area (Å²) in [5.74, 6) is -0.894. The third-order valence-corrected chi connectivity index (χ3v) is 3.92. The Morgan fingerprint density at radius 1 is 1.48 bits per heavy atom. The number of hydrogen-bond donors (Lipinski definition) is 1. The zero-order valence-electron chi connectivity index (χ0n) is 11.8. The van der Waals surface area contributed by atoms with Crippen molar-refractivity contribution in [1.82, 2.24) is 4.98 Å². The van der Waals surface area contributed by atoms with Crippen molar-refractivity contribution in [3.8, 4) is 0 Å². The van der Waals surface area contributed by atoms with Crippen LogP contribution in [0.25, 0.3) is 0 Å². The lowest BCUT2D eigenvalue weighted by Crippen LogP contribution is -2.21. The molecule has 1 heterocycles. The number of anilines is 1. The molecule has 7 nitrogen and oxygen atoms in total. The summed E-state index contributed by atoms with van der Waals surface area (Å²) in [6.07, 6.45) is 0.876. The summed E-state index contributed by atoms with van der Waals surface area (Å²) >= 11 is 1.19. The van der Waals surface area contributed by atoms with Gasteiger partial charge in [-0.15, -0.1) is 11.3 Å². The summed E-state index contributed by atoms with van der Waals surface area (Å²) in [6, 6.07) is 0. The van der Waals surface area contributed by atoms with Crippen molar-refractivity contribution in [2.24, 2.45) is 11.8 Å². The Balaban J connectivity index is 1.74. The highest BCUT2D eigenvalue weighted by Crippen LogP contribution is 2.38. The fourth-order valence-electron chi connectivity index (χ4n) is 1.72. The number of methoxy groups -OCH3 is 1. The van der Waals surface area contributed by atoms with Crippen LogP contribution >= 0.6 is 11.3 Å². The lowest BCUT2D eigenvalue weighted by Gasteiger charge is -2.03. The van der Waals surface area contributed by atoms with Gasteiger partial charge >= 0.3 is 11.9 Å². The maximum Gasteiger partial charge on any atom is 0.311 e. The summed E-state index contributed by atoms with van der Waals surface area (Å²) < 4.78 is 9.44. The van der Waals surface area contributed by atoms with E-state index in [0.29, 0.717) is 16.7 Å². The third kappa shape index (κ3) is 4.52. The average Bonchev–Trinajstić information content (AvgIpc) is 3.03. The Morgan fingerprint density at radius 3 is 2.81 bits per heavy atom. The molecule has 1 fully saturated rings. The number of aromatic nitrogens is 1. The molecule has 114 valence electrons. The molecule has 1 N–H and O–H groups in total. The molecule has 1 amide bonds. The SMILES string of the molecule is COC(=O)Cc1csc(NC(=O)COC(=O)[C@H]2C[C@@H]2C)n1. The molecule has 1 saturated carbocycles. The molecular weight excluding hydrogens is 296 g/mol. The highest BCUT2D eigenvalue weighted by atomic mass is 32.1. The average molecular weight is 312 g/mol. The van der Waals surface area contributed by atoms with Crippen LogP contribution in [0.3, 0.4) is 0 Å². The number of amides is 1. The number of thiazole rings is 1. The quantitative estimate of drug-likeness (QED) is 0.787. The maximum atomic E-state index is 11.6. The molecule has 0 bridgehead atoms. The van der Waals surface area contributed by atoms with Crippen LogP contribution in [-0.2, 0) is 30.3 Å². The van der Waals surface area contributed by atoms with Crippen LogP contribution in [0, 0.1) is 11.8 Å². The summed E-state index contributed by atoms with van der Waals surface area (Å²) in [4.78, 5) is 38.2. The number of rotatable bonds is 6. The maximum absolute atomic E-state index is 11.6. The summed E-state index contributed by atoms with van der Waals surface area (Å²) in [6.45, 7) is 1.64. The van der Waals surface area contributed by atoms with Crippen LogP contribution in [-0.4, -0.2) is 36.5 Å². The summed E-state index contributed by atoms with van der Waals surface area (Å²) in [5, 5.41) is 4.53. The van der Waals surface area contributed by atoms with Gasteiger partial charge in [-0.3, -0.25) is 19.7 Å². The normalized spacial score (nSPS) is 19.7. The first kappa shape index (κ1) is 15.4. The molecule has 1 aliphatic carbocycles. The number of esters is 2. The monoisotopic (exact) mass is 312 g/mol. The highest BCUT2D eigenvalue weighted by molar-refractivity contribution is 7.13. The smallest absolute Gasteiger partial charge is 0.311 e. The Kier molecular flexibility index (Phi) is 4.89. The van der Waals surface area contributed by atoms with Crippen molar-refractivity contribution in [2.75, 3.05) is 19.0 Å². The van der Waals surface area contributed by atoms with E-state index >= 15 is 0 Å². The van der Waals surface area contributed by atoms with E-state index in [0.717, 1.165) is 6.42 Å². The van der Waals surface area contributed by atoms with E-state index in [1.165, 1.54) is 18.4 Å². The standard InChI is InChI=1S/C13H16N2O5S/c1-7-3-9(7)12(18)20-5-10(16)15-13-14-8(6-21-13)4-11(17)19-2/h6-7,9H,3-5H2,1-2H3,(H,14,15,16)/t7-,9-/m0/s1. The summed E-state index contributed by atoms with van der Waals surface area (Å²) in [7, 11) is 1.30. The number of carbonyl (C=O) groups excluding carboxylic acids is 3. The van der Waals surface area contributed by atoms with Crippen molar-refractivity contribution in [2.45, 2.75) is 19.8 Å². The van der Waals surface area contributed by atoms with Gasteiger partial charge in [0.2, 0.25) is 0 Å². The molecule has 0 unspecified atom stereocenters. The van der Waals surface area contributed by atoms with Crippen LogP contribution in [0.4, 0.5) is 5.13 Å². The molecule has 0 spiro atoms. The number of hydrogen-bond acceptors (Lipinski definition) is 7. The van der Waals surface area contributed by atoms with Gasteiger partial charge in [0.05, 0.1) is 25.1 Å². The first-order valence-corrected chi connectivity index (χ1v) is 7.35. The molecule has 2 atom stereocenters. The molecule has 0 aromatic carbocycles. The third-order valence-electron chi connectivity index (χ3n) is 3.11. The van der Waals surface area contributed by atoms with Gasteiger partial charge in [0.25, 0.3) is 5.91 Å². The van der Waals surface area contributed by atoms with Gasteiger partial charge < -0.3 is 9.47 Å². The minimum atomic E-state index is -0.448. The van der Waals surface area contributed by atoms with E-state index in [1.807, 2.05) is 6.92 Å². The van der Waals surface area contributed by atoms with Gasteiger partial charge in [-0.05, 0) is 12.3 Å². The second-order valence-electron chi connectivity index (χ2n) is 4.87. The highest BCUT2D eigenvalue weighted by Gasteiger charge is 2.40. The van der Waals surface area contributed by atoms with E-state index in [-0.39, 0.29) is 24.9 Å². The van der Waals surface area contributed by atoms with E-state index in [9.17, 15) is 14.4 Å². The van der Waals surface area contributed by atoms with E-state index in [2.05, 4.69) is 15.0 Å². The molecule has 1 aromatic heterocycles. The lowest BCUT2D eigenvalue weighted by atomic mass is 10.3. The topological polar surface area (TPSA) is 94.6 Å². The van der Waals surface area contributed by atoms with Crippen LogP contribution in [0.15, 0.2) is 5.38 Å².